The Kier molecular flexibility index (Phi) is 6.26. The minimum Gasteiger partial charge on any atom is -0.384 e. The molecule has 1 aliphatic carbocycles. The summed E-state index contributed by atoms with van der Waals surface area (Å²) in [5.74, 6) is 1.24. The number of likely N-dealkylation sites (tertiary alicyclic amines) is 1. The minimum absolute atomic E-state index is 0.367. The van der Waals surface area contributed by atoms with Crippen LogP contribution in [-0.4, -0.2) is 60.3 Å². The molecule has 1 saturated heterocycles. The van der Waals surface area contributed by atoms with Crippen LogP contribution in [0.5, 0.6) is 0 Å². The van der Waals surface area contributed by atoms with Gasteiger partial charge in [-0.3, -0.25) is 0 Å². The Hall–Kier alpha value is -1.40. The van der Waals surface area contributed by atoms with E-state index in [1.807, 2.05) is 0 Å². The van der Waals surface area contributed by atoms with E-state index < -0.39 is 0 Å². The van der Waals surface area contributed by atoms with Crippen LogP contribution in [0.1, 0.15) is 44.9 Å². The first-order valence-corrected chi connectivity index (χ1v) is 9.37. The quantitative estimate of drug-likeness (QED) is 0.772. The Morgan fingerprint density at radius 2 is 2.12 bits per heavy atom. The fourth-order valence-corrected chi connectivity index (χ4v) is 3.86. The molecule has 3 rings (SSSR count). The molecule has 2 N–H and O–H groups in total. The number of hydrogen-bond acceptors (Lipinski definition) is 6. The highest BCUT2D eigenvalue weighted by molar-refractivity contribution is 5.37. The topological polar surface area (TPSA) is 67.5 Å². The van der Waals surface area contributed by atoms with Gasteiger partial charge in [0.15, 0.2) is 0 Å². The molecule has 0 radical (unpaired) electrons. The van der Waals surface area contributed by atoms with Gasteiger partial charge in [-0.15, -0.1) is 0 Å². The summed E-state index contributed by atoms with van der Waals surface area (Å²) in [5, 5.41) is 0. The predicted molar refractivity (Wildman–Crippen MR) is 97.1 cm³/mol. The molecule has 6 nitrogen and oxygen atoms in total. The van der Waals surface area contributed by atoms with Crippen LogP contribution < -0.4 is 10.6 Å². The number of ether oxygens (including phenoxy) is 1. The van der Waals surface area contributed by atoms with Gasteiger partial charge in [-0.05, 0) is 64.1 Å². The van der Waals surface area contributed by atoms with Crippen LogP contribution in [0.2, 0.25) is 0 Å². The molecule has 2 heterocycles. The zero-order chi connectivity index (χ0) is 16.8. The van der Waals surface area contributed by atoms with Crippen LogP contribution in [0.3, 0.4) is 0 Å². The van der Waals surface area contributed by atoms with Gasteiger partial charge in [0, 0.05) is 32.4 Å². The molecule has 0 bridgehead atoms. The summed E-state index contributed by atoms with van der Waals surface area (Å²) in [6.45, 7) is 4.62. The van der Waals surface area contributed by atoms with E-state index in [1.165, 1.54) is 51.7 Å². The molecule has 1 aromatic heterocycles. The number of nitrogen functional groups attached to an aromatic ring is 1. The highest BCUT2D eigenvalue weighted by Crippen LogP contribution is 2.26. The molecule has 0 spiro atoms. The molecule has 0 amide bonds. The number of rotatable bonds is 7. The van der Waals surface area contributed by atoms with Crippen LogP contribution in [-0.2, 0) is 4.74 Å². The van der Waals surface area contributed by atoms with E-state index in [2.05, 4.69) is 26.8 Å². The van der Waals surface area contributed by atoms with Crippen molar-refractivity contribution in [1.82, 2.24) is 14.9 Å². The van der Waals surface area contributed by atoms with Crippen molar-refractivity contribution < 1.29 is 4.74 Å². The van der Waals surface area contributed by atoms with Gasteiger partial charge in [-0.2, -0.15) is 4.98 Å². The lowest BCUT2D eigenvalue weighted by molar-refractivity contribution is 0.0190. The summed E-state index contributed by atoms with van der Waals surface area (Å²) in [6.07, 6.45) is 10.6. The third-order valence-electron chi connectivity index (χ3n) is 5.30. The van der Waals surface area contributed by atoms with Gasteiger partial charge >= 0.3 is 0 Å². The molecule has 6 heteroatoms. The van der Waals surface area contributed by atoms with Crippen LogP contribution in [0.25, 0.3) is 0 Å². The fraction of sp³-hybridized carbons (Fsp3) is 0.778. The van der Waals surface area contributed by atoms with Gasteiger partial charge in [-0.25, -0.2) is 4.98 Å². The first-order valence-electron chi connectivity index (χ1n) is 9.37. The molecule has 2 fully saturated rings. The number of hydrogen-bond donors (Lipinski definition) is 1. The smallest absolute Gasteiger partial charge is 0.227 e. The zero-order valence-corrected chi connectivity index (χ0v) is 14.9. The standard InChI is InChI=1S/C18H31N5O/c1-22(18-20-9-8-17(19)21-18)15-6-4-7-16(14-15)24-13-5-12-23-10-2-3-11-23/h8-9,15-16H,2-7,10-14H2,1H3,(H2,19,20,21)/t15-,16+/m1/s1. The van der Waals surface area contributed by atoms with Gasteiger partial charge in [0.1, 0.15) is 5.82 Å². The molecule has 2 aliphatic rings. The van der Waals surface area contributed by atoms with Crippen molar-refractivity contribution in [1.29, 1.82) is 0 Å². The minimum atomic E-state index is 0.367. The SMILES string of the molecule is CN(c1nccc(N)n1)[C@@H]1CCC[C@H](OCCCN2CCCC2)C1. The van der Waals surface area contributed by atoms with E-state index in [4.69, 9.17) is 10.5 Å². The molecule has 24 heavy (non-hydrogen) atoms. The van der Waals surface area contributed by atoms with Crippen molar-refractivity contribution in [2.75, 3.05) is 43.9 Å². The lowest BCUT2D eigenvalue weighted by atomic mass is 9.92. The van der Waals surface area contributed by atoms with Gasteiger partial charge in [0.05, 0.1) is 6.10 Å². The zero-order valence-electron chi connectivity index (χ0n) is 14.9. The molecule has 1 saturated carbocycles. The molecule has 2 atom stereocenters. The summed E-state index contributed by atoms with van der Waals surface area (Å²) >= 11 is 0. The Balaban J connectivity index is 1.42. The second-order valence-electron chi connectivity index (χ2n) is 7.11. The van der Waals surface area contributed by atoms with E-state index in [0.717, 1.165) is 25.4 Å². The molecule has 134 valence electrons. The van der Waals surface area contributed by atoms with Crippen molar-refractivity contribution in [2.24, 2.45) is 0 Å². The summed E-state index contributed by atoms with van der Waals surface area (Å²) in [4.78, 5) is 13.4. The van der Waals surface area contributed by atoms with Crippen LogP contribution >= 0.6 is 0 Å². The van der Waals surface area contributed by atoms with Gasteiger partial charge in [0.2, 0.25) is 5.95 Å². The Morgan fingerprint density at radius 3 is 2.92 bits per heavy atom. The largest absolute Gasteiger partial charge is 0.384 e. The van der Waals surface area contributed by atoms with Gasteiger partial charge < -0.3 is 20.3 Å². The molecule has 1 aliphatic heterocycles. The summed E-state index contributed by atoms with van der Waals surface area (Å²) in [5.41, 5.74) is 5.78. The summed E-state index contributed by atoms with van der Waals surface area (Å²) in [7, 11) is 2.06. The number of nitrogens with two attached hydrogens (primary N) is 1. The van der Waals surface area contributed by atoms with Crippen molar-refractivity contribution >= 4 is 11.8 Å². The Labute approximate surface area is 145 Å². The molecule has 1 aromatic rings. The van der Waals surface area contributed by atoms with Gasteiger partial charge in [0.25, 0.3) is 0 Å². The van der Waals surface area contributed by atoms with Crippen molar-refractivity contribution in [3.05, 3.63) is 12.3 Å². The van der Waals surface area contributed by atoms with Crippen LogP contribution in [0, 0.1) is 0 Å². The van der Waals surface area contributed by atoms with Crippen molar-refractivity contribution in [3.63, 3.8) is 0 Å². The van der Waals surface area contributed by atoms with E-state index in [9.17, 15) is 0 Å². The highest BCUT2D eigenvalue weighted by atomic mass is 16.5. The van der Waals surface area contributed by atoms with E-state index in [-0.39, 0.29) is 0 Å². The number of anilines is 2. The number of aromatic nitrogens is 2. The third-order valence-corrected chi connectivity index (χ3v) is 5.30. The van der Waals surface area contributed by atoms with Crippen molar-refractivity contribution in [2.45, 2.75) is 57.1 Å². The molecule has 0 aromatic carbocycles. The van der Waals surface area contributed by atoms with Crippen LogP contribution in [0.15, 0.2) is 12.3 Å². The Bertz CT molecular complexity index is 506. The maximum absolute atomic E-state index is 6.16. The predicted octanol–water partition coefficient (Wildman–Crippen LogP) is 2.31. The molecular formula is C18H31N5O. The lowest BCUT2D eigenvalue weighted by Gasteiger charge is -2.35. The van der Waals surface area contributed by atoms with Gasteiger partial charge in [-0.1, -0.05) is 0 Å². The number of nitrogens with zero attached hydrogens (tertiary/aromatic N) is 4. The summed E-state index contributed by atoms with van der Waals surface area (Å²) in [6, 6.07) is 2.16. The molecule has 0 unspecified atom stereocenters. The summed E-state index contributed by atoms with van der Waals surface area (Å²) < 4.78 is 6.16. The second-order valence-corrected chi connectivity index (χ2v) is 7.11. The highest BCUT2D eigenvalue weighted by Gasteiger charge is 2.26. The van der Waals surface area contributed by atoms with Crippen molar-refractivity contribution in [3.8, 4) is 0 Å². The van der Waals surface area contributed by atoms with E-state index in [1.54, 1.807) is 12.3 Å². The average molecular weight is 333 g/mol. The first kappa shape index (κ1) is 17.4. The fourth-order valence-electron chi connectivity index (χ4n) is 3.86. The maximum Gasteiger partial charge on any atom is 0.227 e. The lowest BCUT2D eigenvalue weighted by Crippen LogP contribution is -2.39. The monoisotopic (exact) mass is 333 g/mol. The van der Waals surface area contributed by atoms with E-state index in [0.29, 0.717) is 18.0 Å². The second kappa shape index (κ2) is 8.62. The maximum atomic E-state index is 6.16. The average Bonchev–Trinajstić information content (AvgIpc) is 3.12. The molecular weight excluding hydrogens is 302 g/mol. The first-order chi connectivity index (χ1) is 11.7. The third kappa shape index (κ3) is 4.80. The van der Waals surface area contributed by atoms with Crippen LogP contribution in [0.4, 0.5) is 11.8 Å². The normalized spacial score (nSPS) is 25.0. The van der Waals surface area contributed by atoms with E-state index >= 15 is 0 Å². The Morgan fingerprint density at radius 1 is 1.29 bits per heavy atom.